The Morgan fingerprint density at radius 1 is 1.16 bits per heavy atom. The average molecular weight is 339 g/mol. The summed E-state index contributed by atoms with van der Waals surface area (Å²) in [5, 5.41) is 3.46. The van der Waals surface area contributed by atoms with E-state index in [-0.39, 0.29) is 0 Å². The molecule has 1 aliphatic heterocycles. The molecule has 1 N–H and O–H groups in total. The van der Waals surface area contributed by atoms with Crippen LogP contribution in [0.3, 0.4) is 0 Å². The number of carbonyl (C=O) groups excluding carboxylic acids is 1. The van der Waals surface area contributed by atoms with Gasteiger partial charge >= 0.3 is 0 Å². The molecule has 3 rings (SSSR count). The van der Waals surface area contributed by atoms with Crippen molar-refractivity contribution in [2.45, 2.75) is 26.3 Å². The minimum Gasteiger partial charge on any atom is -0.367 e. The molecule has 1 unspecified atom stereocenters. The van der Waals surface area contributed by atoms with Crippen LogP contribution in [0.25, 0.3) is 11.4 Å². The number of piperazine rings is 1. The lowest BCUT2D eigenvalue weighted by molar-refractivity contribution is -0.118. The highest BCUT2D eigenvalue weighted by Crippen LogP contribution is 2.23. The molecule has 2 aromatic rings. The summed E-state index contributed by atoms with van der Waals surface area (Å²) >= 11 is 0. The molecule has 132 valence electrons. The van der Waals surface area contributed by atoms with Gasteiger partial charge in [0.1, 0.15) is 11.6 Å². The highest BCUT2D eigenvalue weighted by molar-refractivity contribution is 5.62. The zero-order chi connectivity index (χ0) is 17.6. The van der Waals surface area contributed by atoms with Gasteiger partial charge in [-0.3, -0.25) is 4.79 Å². The third-order valence-corrected chi connectivity index (χ3v) is 4.54. The van der Waals surface area contributed by atoms with Crippen LogP contribution in [0.15, 0.2) is 36.4 Å². The van der Waals surface area contributed by atoms with Gasteiger partial charge in [0.15, 0.2) is 5.82 Å². The number of nitrogens with zero attached hydrogens (tertiary/aromatic N) is 4. The van der Waals surface area contributed by atoms with E-state index in [1.807, 2.05) is 36.4 Å². The van der Waals surface area contributed by atoms with E-state index in [0.29, 0.717) is 6.04 Å². The van der Waals surface area contributed by atoms with Gasteiger partial charge in [-0.05, 0) is 13.3 Å². The van der Waals surface area contributed by atoms with E-state index in [0.717, 1.165) is 62.0 Å². The molecule has 6 nitrogen and oxygen atoms in total. The molecule has 0 spiro atoms. The van der Waals surface area contributed by atoms with E-state index in [4.69, 9.17) is 9.97 Å². The van der Waals surface area contributed by atoms with Crippen molar-refractivity contribution < 1.29 is 4.79 Å². The Bertz CT molecular complexity index is 698. The zero-order valence-corrected chi connectivity index (χ0v) is 14.9. The average Bonchev–Trinajstić information content (AvgIpc) is 2.68. The Kier molecular flexibility index (Phi) is 5.48. The summed E-state index contributed by atoms with van der Waals surface area (Å²) in [6.45, 7) is 7.31. The summed E-state index contributed by atoms with van der Waals surface area (Å²) in [5.74, 6) is 2.47. The number of carbonyl (C=O) groups is 1. The van der Waals surface area contributed by atoms with Gasteiger partial charge in [-0.25, -0.2) is 9.97 Å². The third-order valence-electron chi connectivity index (χ3n) is 4.54. The van der Waals surface area contributed by atoms with Crippen LogP contribution in [0.2, 0.25) is 0 Å². The predicted octanol–water partition coefficient (Wildman–Crippen LogP) is 2.63. The molecule has 1 fully saturated rings. The first-order chi connectivity index (χ1) is 12.2. The van der Waals surface area contributed by atoms with Gasteiger partial charge in [0, 0.05) is 43.9 Å². The van der Waals surface area contributed by atoms with Crippen LogP contribution in [0.1, 0.15) is 20.3 Å². The standard InChI is InChI=1S/C19H25N5O/c1-3-15(2)20-17-13-18(24-11-9-23(14-25)10-12-24)22-19(21-17)16-7-5-4-6-8-16/h4-8,13-15H,3,9-12H2,1-2H3,(H,20,21,22). The second-order valence-electron chi connectivity index (χ2n) is 6.38. The van der Waals surface area contributed by atoms with Crippen molar-refractivity contribution in [1.82, 2.24) is 14.9 Å². The highest BCUT2D eigenvalue weighted by atomic mass is 16.1. The normalized spacial score (nSPS) is 15.8. The molecular formula is C19H25N5O. The van der Waals surface area contributed by atoms with E-state index in [1.165, 1.54) is 0 Å². The molecule has 1 aromatic carbocycles. The lowest BCUT2D eigenvalue weighted by atomic mass is 10.2. The van der Waals surface area contributed by atoms with Crippen molar-refractivity contribution in [2.75, 3.05) is 36.4 Å². The summed E-state index contributed by atoms with van der Waals surface area (Å²) in [6.07, 6.45) is 1.95. The Morgan fingerprint density at radius 3 is 2.52 bits per heavy atom. The van der Waals surface area contributed by atoms with Gasteiger partial charge in [0.05, 0.1) is 0 Å². The van der Waals surface area contributed by atoms with Crippen molar-refractivity contribution in [2.24, 2.45) is 0 Å². The summed E-state index contributed by atoms with van der Waals surface area (Å²) < 4.78 is 0. The second-order valence-corrected chi connectivity index (χ2v) is 6.38. The molecule has 0 saturated carbocycles. The number of rotatable bonds is 6. The first-order valence-electron chi connectivity index (χ1n) is 8.85. The van der Waals surface area contributed by atoms with Crippen LogP contribution in [0, 0.1) is 0 Å². The maximum atomic E-state index is 10.9. The molecule has 6 heteroatoms. The van der Waals surface area contributed by atoms with E-state index in [1.54, 1.807) is 4.90 Å². The van der Waals surface area contributed by atoms with Crippen LogP contribution in [0.4, 0.5) is 11.6 Å². The molecular weight excluding hydrogens is 314 g/mol. The van der Waals surface area contributed by atoms with Gasteiger partial charge in [-0.2, -0.15) is 0 Å². The fourth-order valence-corrected chi connectivity index (χ4v) is 2.80. The number of amides is 1. The molecule has 0 aliphatic carbocycles. The smallest absolute Gasteiger partial charge is 0.209 e. The Morgan fingerprint density at radius 2 is 1.88 bits per heavy atom. The molecule has 25 heavy (non-hydrogen) atoms. The molecule has 1 amide bonds. The van der Waals surface area contributed by atoms with E-state index in [9.17, 15) is 4.79 Å². The van der Waals surface area contributed by atoms with E-state index < -0.39 is 0 Å². The van der Waals surface area contributed by atoms with Crippen LogP contribution >= 0.6 is 0 Å². The van der Waals surface area contributed by atoms with Gasteiger partial charge in [-0.1, -0.05) is 37.3 Å². The number of nitrogens with one attached hydrogen (secondary N) is 1. The quantitative estimate of drug-likeness (QED) is 0.820. The summed E-state index contributed by atoms with van der Waals surface area (Å²) in [4.78, 5) is 24.4. The largest absolute Gasteiger partial charge is 0.367 e. The maximum absolute atomic E-state index is 10.9. The third kappa shape index (κ3) is 4.26. The van der Waals surface area contributed by atoms with Crippen LogP contribution in [-0.4, -0.2) is 53.5 Å². The maximum Gasteiger partial charge on any atom is 0.209 e. The first kappa shape index (κ1) is 17.2. The zero-order valence-electron chi connectivity index (χ0n) is 14.9. The summed E-state index contributed by atoms with van der Waals surface area (Å²) in [7, 11) is 0. The topological polar surface area (TPSA) is 61.4 Å². The summed E-state index contributed by atoms with van der Waals surface area (Å²) in [6, 6.07) is 12.4. The van der Waals surface area contributed by atoms with Crippen molar-refractivity contribution in [1.29, 1.82) is 0 Å². The van der Waals surface area contributed by atoms with Crippen molar-refractivity contribution in [3.05, 3.63) is 36.4 Å². The van der Waals surface area contributed by atoms with Gasteiger partial charge < -0.3 is 15.1 Å². The fourth-order valence-electron chi connectivity index (χ4n) is 2.80. The molecule has 0 bridgehead atoms. The molecule has 0 radical (unpaired) electrons. The SMILES string of the molecule is CCC(C)Nc1cc(N2CCN(C=O)CC2)nc(-c2ccccc2)n1. The van der Waals surface area contributed by atoms with Crippen molar-refractivity contribution >= 4 is 18.0 Å². The molecule has 1 aliphatic rings. The van der Waals surface area contributed by atoms with Crippen molar-refractivity contribution in [3.63, 3.8) is 0 Å². The number of benzene rings is 1. The number of anilines is 2. The van der Waals surface area contributed by atoms with Crippen LogP contribution in [-0.2, 0) is 4.79 Å². The lowest BCUT2D eigenvalue weighted by Gasteiger charge is -2.33. The molecule has 2 heterocycles. The van der Waals surface area contributed by atoms with Crippen LogP contribution < -0.4 is 10.2 Å². The van der Waals surface area contributed by atoms with Crippen LogP contribution in [0.5, 0.6) is 0 Å². The number of hydrogen-bond acceptors (Lipinski definition) is 5. The number of aromatic nitrogens is 2. The van der Waals surface area contributed by atoms with E-state index in [2.05, 4.69) is 24.1 Å². The Labute approximate surface area is 148 Å². The summed E-state index contributed by atoms with van der Waals surface area (Å²) in [5.41, 5.74) is 1.00. The highest BCUT2D eigenvalue weighted by Gasteiger charge is 2.19. The van der Waals surface area contributed by atoms with Gasteiger partial charge in [0.25, 0.3) is 0 Å². The first-order valence-corrected chi connectivity index (χ1v) is 8.85. The second kappa shape index (κ2) is 7.96. The Balaban J connectivity index is 1.91. The minimum absolute atomic E-state index is 0.346. The molecule has 1 saturated heterocycles. The number of hydrogen-bond donors (Lipinski definition) is 1. The van der Waals surface area contributed by atoms with Crippen molar-refractivity contribution in [3.8, 4) is 11.4 Å². The predicted molar refractivity (Wildman–Crippen MR) is 101 cm³/mol. The molecule has 1 atom stereocenters. The van der Waals surface area contributed by atoms with E-state index >= 15 is 0 Å². The molecule has 1 aromatic heterocycles. The fraction of sp³-hybridized carbons (Fsp3) is 0.421. The van der Waals surface area contributed by atoms with Gasteiger partial charge in [0.2, 0.25) is 6.41 Å². The lowest BCUT2D eigenvalue weighted by Crippen LogP contribution is -2.46. The van der Waals surface area contributed by atoms with Gasteiger partial charge in [-0.15, -0.1) is 0 Å². The monoisotopic (exact) mass is 339 g/mol. The minimum atomic E-state index is 0.346. The Hall–Kier alpha value is -2.63.